The second-order valence-corrected chi connectivity index (χ2v) is 9.03. The first-order valence-electron chi connectivity index (χ1n) is 10.0. The van der Waals surface area contributed by atoms with Crippen molar-refractivity contribution in [2.75, 3.05) is 12.0 Å². The molecule has 33 heavy (non-hydrogen) atoms. The van der Waals surface area contributed by atoms with Crippen molar-refractivity contribution in [2.24, 2.45) is 0 Å². The van der Waals surface area contributed by atoms with Gasteiger partial charge < -0.3 is 14.8 Å². The van der Waals surface area contributed by atoms with E-state index < -0.39 is 0 Å². The largest absolute Gasteiger partial charge is 0.496 e. The molecule has 3 aromatic carbocycles. The molecule has 168 valence electrons. The molecule has 3 aromatic rings. The molecule has 8 heteroatoms. The van der Waals surface area contributed by atoms with Crippen LogP contribution in [-0.2, 0) is 11.4 Å². The van der Waals surface area contributed by atoms with Crippen LogP contribution in [0.2, 0.25) is 5.02 Å². The number of anilines is 1. The van der Waals surface area contributed by atoms with E-state index in [9.17, 15) is 4.79 Å². The summed E-state index contributed by atoms with van der Waals surface area (Å²) in [4.78, 5) is 14.6. The summed E-state index contributed by atoms with van der Waals surface area (Å²) < 4.78 is 12.2. The maximum atomic E-state index is 13.1. The van der Waals surface area contributed by atoms with Crippen molar-refractivity contribution in [3.8, 4) is 11.5 Å². The van der Waals surface area contributed by atoms with Crippen molar-refractivity contribution in [1.82, 2.24) is 5.32 Å². The predicted molar refractivity (Wildman–Crippen MR) is 139 cm³/mol. The Hall–Kier alpha value is -2.87. The molecule has 1 heterocycles. The second-order valence-electron chi connectivity index (χ2n) is 7.35. The smallest absolute Gasteiger partial charge is 0.281 e. The summed E-state index contributed by atoms with van der Waals surface area (Å²) in [7, 11) is 1.61. The van der Waals surface area contributed by atoms with E-state index in [1.807, 2.05) is 49.4 Å². The van der Waals surface area contributed by atoms with E-state index in [0.717, 1.165) is 26.9 Å². The first-order chi connectivity index (χ1) is 15.9. The SMILES string of the molecule is COc1ccc(/C=C2/NC(=S)N(c3ccccc3C)C2=O)cc1COc1ccc(Cl)cc1Br. The number of halogens is 2. The molecule has 0 aromatic heterocycles. The molecule has 1 fully saturated rings. The normalized spacial score (nSPS) is 14.5. The molecular weight excluding hydrogens is 524 g/mol. The Labute approximate surface area is 211 Å². The number of ether oxygens (including phenoxy) is 2. The van der Waals surface area contributed by atoms with Crippen LogP contribution in [0.4, 0.5) is 5.69 Å². The van der Waals surface area contributed by atoms with Crippen LogP contribution < -0.4 is 19.7 Å². The van der Waals surface area contributed by atoms with E-state index in [1.165, 1.54) is 4.90 Å². The number of para-hydroxylation sites is 1. The number of hydrogen-bond acceptors (Lipinski definition) is 4. The fraction of sp³-hybridized carbons (Fsp3) is 0.120. The number of benzene rings is 3. The van der Waals surface area contributed by atoms with Gasteiger partial charge in [-0.05, 0) is 88.7 Å². The maximum Gasteiger partial charge on any atom is 0.281 e. The monoisotopic (exact) mass is 542 g/mol. The molecule has 1 saturated heterocycles. The van der Waals surface area contributed by atoms with Crippen LogP contribution >= 0.6 is 39.7 Å². The van der Waals surface area contributed by atoms with Gasteiger partial charge in [0.1, 0.15) is 23.8 Å². The van der Waals surface area contributed by atoms with Gasteiger partial charge in [0.2, 0.25) is 0 Å². The van der Waals surface area contributed by atoms with Crippen LogP contribution in [0.15, 0.2) is 70.8 Å². The molecule has 0 atom stereocenters. The number of aryl methyl sites for hydroxylation is 1. The number of nitrogens with zero attached hydrogens (tertiary/aromatic N) is 1. The minimum absolute atomic E-state index is 0.201. The third-order valence-electron chi connectivity index (χ3n) is 5.13. The summed E-state index contributed by atoms with van der Waals surface area (Å²) in [6, 6.07) is 18.6. The third-order valence-corrected chi connectivity index (χ3v) is 6.27. The molecule has 4 rings (SSSR count). The molecule has 1 aliphatic heterocycles. The number of thiocarbonyl (C=S) groups is 1. The van der Waals surface area contributed by atoms with E-state index in [0.29, 0.717) is 27.3 Å². The van der Waals surface area contributed by atoms with Crippen molar-refractivity contribution >= 4 is 62.5 Å². The van der Waals surface area contributed by atoms with Gasteiger partial charge in [0.05, 0.1) is 17.3 Å². The standard InChI is InChI=1S/C25H20BrClN2O3S/c1-15-5-3-4-6-21(15)29-24(30)20(28-25(29)33)12-16-7-9-22(31-2)17(11-16)14-32-23-10-8-18(27)13-19(23)26/h3-13H,14H2,1-2H3,(H,28,33)/b20-12+. The lowest BCUT2D eigenvalue weighted by atomic mass is 10.1. The Bertz CT molecular complexity index is 1280. The maximum absolute atomic E-state index is 13.1. The number of carbonyl (C=O) groups excluding carboxylic acids is 1. The zero-order chi connectivity index (χ0) is 23.5. The van der Waals surface area contributed by atoms with Crippen LogP contribution in [0.1, 0.15) is 16.7 Å². The van der Waals surface area contributed by atoms with Crippen molar-refractivity contribution in [2.45, 2.75) is 13.5 Å². The predicted octanol–water partition coefficient (Wildman–Crippen LogP) is 6.26. The molecule has 1 N–H and O–H groups in total. The average molecular weight is 544 g/mol. The van der Waals surface area contributed by atoms with E-state index in [-0.39, 0.29) is 12.5 Å². The Kier molecular flexibility index (Phi) is 7.02. The molecule has 1 amide bonds. The summed E-state index contributed by atoms with van der Waals surface area (Å²) in [5.41, 5.74) is 3.78. The number of nitrogens with one attached hydrogen (secondary N) is 1. The minimum Gasteiger partial charge on any atom is -0.496 e. The Morgan fingerprint density at radius 3 is 2.61 bits per heavy atom. The molecule has 0 radical (unpaired) electrons. The van der Waals surface area contributed by atoms with Gasteiger partial charge in [-0.3, -0.25) is 9.69 Å². The van der Waals surface area contributed by atoms with Crippen LogP contribution in [0.3, 0.4) is 0 Å². The molecule has 0 unspecified atom stereocenters. The fourth-order valence-electron chi connectivity index (χ4n) is 3.48. The Morgan fingerprint density at radius 1 is 1.12 bits per heavy atom. The third kappa shape index (κ3) is 5.05. The first kappa shape index (κ1) is 23.3. The summed E-state index contributed by atoms with van der Waals surface area (Å²) >= 11 is 14.9. The second kappa shape index (κ2) is 9.95. The van der Waals surface area contributed by atoms with E-state index in [1.54, 1.807) is 31.4 Å². The summed E-state index contributed by atoms with van der Waals surface area (Å²) in [5.74, 6) is 1.15. The number of hydrogen-bond donors (Lipinski definition) is 1. The van der Waals surface area contributed by atoms with Crippen molar-refractivity contribution in [3.05, 3.63) is 92.5 Å². The molecular formula is C25H20BrClN2O3S. The zero-order valence-corrected chi connectivity index (χ0v) is 21.1. The Balaban J connectivity index is 1.59. The topological polar surface area (TPSA) is 50.8 Å². The highest BCUT2D eigenvalue weighted by Gasteiger charge is 2.32. The molecule has 5 nitrogen and oxygen atoms in total. The van der Waals surface area contributed by atoms with Crippen LogP contribution in [0.5, 0.6) is 11.5 Å². The van der Waals surface area contributed by atoms with Crippen molar-refractivity contribution < 1.29 is 14.3 Å². The number of amides is 1. The lowest BCUT2D eigenvalue weighted by molar-refractivity contribution is -0.113. The number of carbonyl (C=O) groups is 1. The van der Waals surface area contributed by atoms with Gasteiger partial charge in [-0.1, -0.05) is 35.9 Å². The van der Waals surface area contributed by atoms with Crippen LogP contribution in [-0.4, -0.2) is 18.1 Å². The quantitative estimate of drug-likeness (QED) is 0.294. The van der Waals surface area contributed by atoms with Crippen LogP contribution in [0.25, 0.3) is 6.08 Å². The molecule has 1 aliphatic rings. The summed E-state index contributed by atoms with van der Waals surface area (Å²) in [6.07, 6.45) is 1.77. The number of methoxy groups -OCH3 is 1. The fourth-order valence-corrected chi connectivity index (χ4v) is 4.57. The highest BCUT2D eigenvalue weighted by Crippen LogP contribution is 2.31. The van der Waals surface area contributed by atoms with Gasteiger partial charge in [-0.2, -0.15) is 0 Å². The molecule has 0 aliphatic carbocycles. The van der Waals surface area contributed by atoms with E-state index in [4.69, 9.17) is 33.3 Å². The lowest BCUT2D eigenvalue weighted by Gasteiger charge is -2.16. The highest BCUT2D eigenvalue weighted by molar-refractivity contribution is 9.10. The average Bonchev–Trinajstić information content (AvgIpc) is 3.06. The van der Waals surface area contributed by atoms with E-state index in [2.05, 4.69) is 21.2 Å². The van der Waals surface area contributed by atoms with Crippen molar-refractivity contribution in [1.29, 1.82) is 0 Å². The minimum atomic E-state index is -0.201. The van der Waals surface area contributed by atoms with E-state index >= 15 is 0 Å². The van der Waals surface area contributed by atoms with Gasteiger partial charge in [0.15, 0.2) is 5.11 Å². The van der Waals surface area contributed by atoms with Gasteiger partial charge in [-0.25, -0.2) is 0 Å². The first-order valence-corrected chi connectivity index (χ1v) is 11.6. The summed E-state index contributed by atoms with van der Waals surface area (Å²) in [5, 5.41) is 4.00. The van der Waals surface area contributed by atoms with Gasteiger partial charge in [0.25, 0.3) is 5.91 Å². The molecule has 0 saturated carbocycles. The lowest BCUT2D eigenvalue weighted by Crippen LogP contribution is -2.30. The number of rotatable bonds is 6. The molecule has 0 bridgehead atoms. The molecule has 0 spiro atoms. The van der Waals surface area contributed by atoms with Gasteiger partial charge >= 0.3 is 0 Å². The highest BCUT2D eigenvalue weighted by atomic mass is 79.9. The summed E-state index contributed by atoms with van der Waals surface area (Å²) in [6.45, 7) is 2.22. The Morgan fingerprint density at radius 2 is 1.88 bits per heavy atom. The van der Waals surface area contributed by atoms with Gasteiger partial charge in [-0.15, -0.1) is 0 Å². The van der Waals surface area contributed by atoms with Crippen LogP contribution in [0, 0.1) is 6.92 Å². The van der Waals surface area contributed by atoms with Crippen molar-refractivity contribution in [3.63, 3.8) is 0 Å². The zero-order valence-electron chi connectivity index (χ0n) is 17.9. The van der Waals surface area contributed by atoms with Gasteiger partial charge in [0, 0.05) is 10.6 Å².